The second-order valence-electron chi connectivity index (χ2n) is 5.37. The first-order chi connectivity index (χ1) is 11.9. The Bertz CT molecular complexity index is 879. The number of benzene rings is 2. The van der Waals surface area contributed by atoms with Gasteiger partial charge in [0.15, 0.2) is 0 Å². The van der Waals surface area contributed by atoms with E-state index in [1.165, 1.54) is 0 Å². The third-order valence-electron chi connectivity index (χ3n) is 3.69. The van der Waals surface area contributed by atoms with Gasteiger partial charge >= 0.3 is 6.18 Å². The summed E-state index contributed by atoms with van der Waals surface area (Å²) >= 11 is 0. The van der Waals surface area contributed by atoms with Crippen molar-refractivity contribution in [1.29, 1.82) is 0 Å². The lowest BCUT2D eigenvalue weighted by atomic mass is 10.2. The van der Waals surface area contributed by atoms with E-state index in [1.54, 1.807) is 60.5 Å². The molecule has 0 fully saturated rings. The van der Waals surface area contributed by atoms with E-state index in [0.29, 0.717) is 23.4 Å². The van der Waals surface area contributed by atoms with Gasteiger partial charge in [-0.2, -0.15) is 13.2 Å². The van der Waals surface area contributed by atoms with Crippen LogP contribution in [0.25, 0.3) is 10.9 Å². The molecule has 0 radical (unpaired) electrons. The number of nitrogens with zero attached hydrogens (tertiary/aromatic N) is 3. The lowest BCUT2D eigenvalue weighted by Gasteiger charge is -2.21. The van der Waals surface area contributed by atoms with Crippen LogP contribution < -0.4 is 9.64 Å². The van der Waals surface area contributed by atoms with Crippen LogP contribution in [0.5, 0.6) is 5.75 Å². The van der Waals surface area contributed by atoms with Gasteiger partial charge in [0.1, 0.15) is 11.6 Å². The molecule has 2 aromatic carbocycles. The van der Waals surface area contributed by atoms with E-state index in [4.69, 9.17) is 4.74 Å². The predicted octanol–water partition coefficient (Wildman–Crippen LogP) is 4.82. The molecule has 0 amide bonds. The predicted molar refractivity (Wildman–Crippen MR) is 90.2 cm³/mol. The van der Waals surface area contributed by atoms with Crippen LogP contribution >= 0.6 is 0 Å². The van der Waals surface area contributed by atoms with Crippen molar-refractivity contribution in [2.24, 2.45) is 0 Å². The van der Waals surface area contributed by atoms with Gasteiger partial charge in [-0.1, -0.05) is 12.1 Å². The van der Waals surface area contributed by atoms with Gasteiger partial charge < -0.3 is 9.64 Å². The Labute approximate surface area is 142 Å². The number of hydrogen-bond donors (Lipinski definition) is 0. The molecule has 130 valence electrons. The summed E-state index contributed by atoms with van der Waals surface area (Å²) in [5.74, 6) is -0.260. The molecular weight excluding hydrogens is 331 g/mol. The van der Waals surface area contributed by atoms with E-state index in [-0.39, 0.29) is 11.3 Å². The van der Waals surface area contributed by atoms with E-state index in [9.17, 15) is 13.2 Å². The number of fused-ring (bicyclic) bond motifs is 1. The van der Waals surface area contributed by atoms with Gasteiger partial charge in [0, 0.05) is 18.1 Å². The highest BCUT2D eigenvalue weighted by Gasteiger charge is 2.36. The molecule has 0 saturated carbocycles. The SMILES string of the molecule is CCOc1ccc(N(C)c2nc(C(F)(F)F)nc3ccccc23)cc1. The molecule has 0 atom stereocenters. The highest BCUT2D eigenvalue weighted by atomic mass is 19.4. The maximum atomic E-state index is 13.1. The Hall–Kier alpha value is -2.83. The Morgan fingerprint density at radius 3 is 2.32 bits per heavy atom. The van der Waals surface area contributed by atoms with Crippen LogP contribution in [0.15, 0.2) is 48.5 Å². The number of aromatic nitrogens is 2. The number of rotatable bonds is 4. The second kappa shape index (κ2) is 6.58. The highest BCUT2D eigenvalue weighted by molar-refractivity contribution is 5.91. The molecular formula is C18H16F3N3O. The van der Waals surface area contributed by atoms with Crippen molar-refractivity contribution in [3.8, 4) is 5.75 Å². The molecule has 0 N–H and O–H groups in total. The van der Waals surface area contributed by atoms with Gasteiger partial charge in [0.25, 0.3) is 0 Å². The topological polar surface area (TPSA) is 38.2 Å². The molecule has 1 heterocycles. The maximum Gasteiger partial charge on any atom is 0.451 e. The van der Waals surface area contributed by atoms with Crippen molar-refractivity contribution in [2.75, 3.05) is 18.6 Å². The summed E-state index contributed by atoms with van der Waals surface area (Å²) in [6.45, 7) is 2.42. The summed E-state index contributed by atoms with van der Waals surface area (Å²) in [6, 6.07) is 13.7. The van der Waals surface area contributed by atoms with Gasteiger partial charge in [-0.15, -0.1) is 0 Å². The van der Waals surface area contributed by atoms with Crippen LogP contribution in [0, 0.1) is 0 Å². The fraction of sp³-hybridized carbons (Fsp3) is 0.222. The third kappa shape index (κ3) is 3.50. The van der Waals surface area contributed by atoms with Gasteiger partial charge in [-0.25, -0.2) is 9.97 Å². The number of para-hydroxylation sites is 1. The molecule has 3 aromatic rings. The molecule has 0 aliphatic heterocycles. The first-order valence-electron chi connectivity index (χ1n) is 7.70. The van der Waals surface area contributed by atoms with E-state index in [1.807, 2.05) is 6.92 Å². The smallest absolute Gasteiger partial charge is 0.451 e. The number of hydrogen-bond acceptors (Lipinski definition) is 4. The Morgan fingerprint density at radius 1 is 1.00 bits per heavy atom. The maximum absolute atomic E-state index is 13.1. The quantitative estimate of drug-likeness (QED) is 0.678. The zero-order chi connectivity index (χ0) is 18.0. The first-order valence-corrected chi connectivity index (χ1v) is 7.70. The normalized spacial score (nSPS) is 11.6. The minimum Gasteiger partial charge on any atom is -0.494 e. The summed E-state index contributed by atoms with van der Waals surface area (Å²) in [5.41, 5.74) is 0.943. The number of ether oxygens (including phenoxy) is 1. The fourth-order valence-electron chi connectivity index (χ4n) is 2.50. The Morgan fingerprint density at radius 2 is 1.68 bits per heavy atom. The standard InChI is InChI=1S/C18H16F3N3O/c1-3-25-13-10-8-12(9-11-13)24(2)16-14-6-4-5-7-15(14)22-17(23-16)18(19,20)21/h4-11H,3H2,1-2H3. The second-order valence-corrected chi connectivity index (χ2v) is 5.37. The largest absolute Gasteiger partial charge is 0.494 e. The average Bonchev–Trinajstić information content (AvgIpc) is 2.60. The summed E-state index contributed by atoms with van der Waals surface area (Å²) in [5, 5.41) is 0.548. The minimum atomic E-state index is -4.61. The average molecular weight is 347 g/mol. The van der Waals surface area contributed by atoms with Crippen molar-refractivity contribution in [2.45, 2.75) is 13.1 Å². The van der Waals surface area contributed by atoms with Gasteiger partial charge in [0.05, 0.1) is 12.1 Å². The Balaban J connectivity index is 2.09. The number of anilines is 2. The molecule has 1 aromatic heterocycles. The van der Waals surface area contributed by atoms with Crippen LogP contribution in [0.3, 0.4) is 0 Å². The fourth-order valence-corrected chi connectivity index (χ4v) is 2.50. The molecule has 0 saturated heterocycles. The molecule has 0 spiro atoms. The summed E-state index contributed by atoms with van der Waals surface area (Å²) < 4.78 is 44.8. The van der Waals surface area contributed by atoms with Crippen molar-refractivity contribution in [1.82, 2.24) is 9.97 Å². The van der Waals surface area contributed by atoms with Crippen molar-refractivity contribution < 1.29 is 17.9 Å². The van der Waals surface area contributed by atoms with Crippen LogP contribution in [0.2, 0.25) is 0 Å². The Kier molecular flexibility index (Phi) is 4.48. The zero-order valence-corrected chi connectivity index (χ0v) is 13.7. The minimum absolute atomic E-state index is 0.196. The summed E-state index contributed by atoms with van der Waals surface area (Å²) in [4.78, 5) is 9.01. The zero-order valence-electron chi connectivity index (χ0n) is 13.7. The summed E-state index contributed by atoms with van der Waals surface area (Å²) in [7, 11) is 1.67. The van der Waals surface area contributed by atoms with Crippen LogP contribution in [-0.2, 0) is 6.18 Å². The van der Waals surface area contributed by atoms with Crippen molar-refractivity contribution in [3.05, 3.63) is 54.4 Å². The third-order valence-corrected chi connectivity index (χ3v) is 3.69. The molecule has 0 aliphatic carbocycles. The lowest BCUT2D eigenvalue weighted by Crippen LogP contribution is -2.17. The lowest BCUT2D eigenvalue weighted by molar-refractivity contribution is -0.144. The number of halogens is 3. The van der Waals surface area contributed by atoms with Gasteiger partial charge in [-0.05, 0) is 43.3 Å². The molecule has 0 aliphatic rings. The van der Waals surface area contributed by atoms with Gasteiger partial charge in [-0.3, -0.25) is 0 Å². The first kappa shape index (κ1) is 17.0. The summed E-state index contributed by atoms with van der Waals surface area (Å²) in [6.07, 6.45) is -4.61. The van der Waals surface area contributed by atoms with E-state index in [0.717, 1.165) is 0 Å². The molecule has 3 rings (SSSR count). The molecule has 7 heteroatoms. The van der Waals surface area contributed by atoms with Gasteiger partial charge in [0.2, 0.25) is 5.82 Å². The van der Waals surface area contributed by atoms with E-state index in [2.05, 4.69) is 9.97 Å². The molecule has 25 heavy (non-hydrogen) atoms. The van der Waals surface area contributed by atoms with Crippen molar-refractivity contribution >= 4 is 22.4 Å². The monoisotopic (exact) mass is 347 g/mol. The number of alkyl halides is 3. The van der Waals surface area contributed by atoms with E-state index >= 15 is 0 Å². The van der Waals surface area contributed by atoms with E-state index < -0.39 is 12.0 Å². The highest BCUT2D eigenvalue weighted by Crippen LogP contribution is 2.34. The van der Waals surface area contributed by atoms with Crippen LogP contribution in [0.1, 0.15) is 12.7 Å². The molecule has 0 unspecified atom stereocenters. The molecule has 4 nitrogen and oxygen atoms in total. The van der Waals surface area contributed by atoms with Crippen LogP contribution in [0.4, 0.5) is 24.7 Å². The van der Waals surface area contributed by atoms with Crippen molar-refractivity contribution in [3.63, 3.8) is 0 Å². The molecule has 0 bridgehead atoms. The van der Waals surface area contributed by atoms with Crippen LogP contribution in [-0.4, -0.2) is 23.6 Å².